The van der Waals surface area contributed by atoms with E-state index in [4.69, 9.17) is 4.74 Å². The number of aromatic nitrogens is 2. The van der Waals surface area contributed by atoms with E-state index in [0.29, 0.717) is 6.61 Å². The molecular formula is C15H20N2O2. The predicted molar refractivity (Wildman–Crippen MR) is 74.2 cm³/mol. The largest absolute Gasteiger partial charge is 0.492 e. The summed E-state index contributed by atoms with van der Waals surface area (Å²) in [6, 6.07) is 7.61. The van der Waals surface area contributed by atoms with Crippen molar-refractivity contribution in [3.63, 3.8) is 0 Å². The molecule has 0 aliphatic carbocycles. The highest BCUT2D eigenvalue weighted by Gasteiger charge is 2.04. The summed E-state index contributed by atoms with van der Waals surface area (Å²) >= 11 is 0. The summed E-state index contributed by atoms with van der Waals surface area (Å²) in [5.74, 6) is 1.81. The zero-order valence-electron chi connectivity index (χ0n) is 11.4. The molecule has 2 rings (SSSR count). The Kier molecular flexibility index (Phi) is 4.58. The minimum atomic E-state index is -0.386. The average Bonchev–Trinajstić information content (AvgIpc) is 2.84. The lowest BCUT2D eigenvalue weighted by molar-refractivity contribution is 0.173. The summed E-state index contributed by atoms with van der Waals surface area (Å²) < 4.78 is 7.72. The lowest BCUT2D eigenvalue weighted by Gasteiger charge is -2.11. The second kappa shape index (κ2) is 6.38. The Labute approximate surface area is 113 Å². The van der Waals surface area contributed by atoms with Gasteiger partial charge in [0.05, 0.1) is 12.6 Å². The van der Waals surface area contributed by atoms with Gasteiger partial charge in [-0.1, -0.05) is 19.1 Å². The van der Waals surface area contributed by atoms with E-state index < -0.39 is 0 Å². The second-order valence-electron chi connectivity index (χ2n) is 4.51. The molecule has 102 valence electrons. The Morgan fingerprint density at radius 3 is 2.63 bits per heavy atom. The van der Waals surface area contributed by atoms with Gasteiger partial charge < -0.3 is 14.4 Å². The number of hydrogen-bond acceptors (Lipinski definition) is 3. The van der Waals surface area contributed by atoms with Gasteiger partial charge in [-0.3, -0.25) is 0 Å². The van der Waals surface area contributed by atoms with Crippen LogP contribution in [0.2, 0.25) is 0 Å². The molecule has 1 N–H and O–H groups in total. The monoisotopic (exact) mass is 260 g/mol. The van der Waals surface area contributed by atoms with Crippen molar-refractivity contribution in [3.05, 3.63) is 48.0 Å². The normalized spacial score (nSPS) is 12.4. The molecule has 1 atom stereocenters. The van der Waals surface area contributed by atoms with Crippen LogP contribution in [0.3, 0.4) is 0 Å². The number of hydrogen-bond donors (Lipinski definition) is 1. The van der Waals surface area contributed by atoms with Gasteiger partial charge in [-0.25, -0.2) is 4.98 Å². The Morgan fingerprint density at radius 1 is 1.32 bits per heavy atom. The van der Waals surface area contributed by atoms with Gasteiger partial charge in [0.1, 0.15) is 18.2 Å². The van der Waals surface area contributed by atoms with E-state index in [9.17, 15) is 5.11 Å². The van der Waals surface area contributed by atoms with E-state index in [1.165, 1.54) is 0 Å². The van der Waals surface area contributed by atoms with E-state index >= 15 is 0 Å². The highest BCUT2D eigenvalue weighted by molar-refractivity contribution is 5.28. The number of ether oxygens (including phenoxy) is 1. The number of aliphatic hydroxyl groups is 1. The highest BCUT2D eigenvalue weighted by Crippen LogP contribution is 2.19. The Hall–Kier alpha value is -1.81. The van der Waals surface area contributed by atoms with Crippen molar-refractivity contribution in [3.8, 4) is 5.75 Å². The van der Waals surface area contributed by atoms with Crippen molar-refractivity contribution in [2.75, 3.05) is 6.61 Å². The maximum atomic E-state index is 9.70. The van der Waals surface area contributed by atoms with Crippen molar-refractivity contribution in [1.82, 2.24) is 9.55 Å². The van der Waals surface area contributed by atoms with Crippen LogP contribution in [-0.4, -0.2) is 21.3 Å². The lowest BCUT2D eigenvalue weighted by Crippen LogP contribution is -2.08. The van der Waals surface area contributed by atoms with Gasteiger partial charge in [-0.2, -0.15) is 0 Å². The number of aliphatic hydroxyl groups excluding tert-OH is 1. The molecule has 19 heavy (non-hydrogen) atoms. The third-order valence-corrected chi connectivity index (χ3v) is 3.18. The molecule has 0 aliphatic rings. The maximum absolute atomic E-state index is 9.70. The van der Waals surface area contributed by atoms with Crippen molar-refractivity contribution in [2.24, 2.45) is 0 Å². The molecule has 0 aliphatic heterocycles. The van der Waals surface area contributed by atoms with Crippen LogP contribution in [0.4, 0.5) is 0 Å². The van der Waals surface area contributed by atoms with Gasteiger partial charge in [-0.15, -0.1) is 0 Å². The van der Waals surface area contributed by atoms with Gasteiger partial charge in [0.15, 0.2) is 0 Å². The average molecular weight is 260 g/mol. The van der Waals surface area contributed by atoms with Crippen molar-refractivity contribution in [2.45, 2.75) is 32.9 Å². The molecule has 1 aromatic heterocycles. The summed E-state index contributed by atoms with van der Waals surface area (Å²) in [7, 11) is 0. The van der Waals surface area contributed by atoms with Crippen LogP contribution in [0.1, 0.15) is 30.8 Å². The number of benzene rings is 1. The topological polar surface area (TPSA) is 47.3 Å². The predicted octanol–water partition coefficient (Wildman–Crippen LogP) is 2.71. The Balaban J connectivity index is 1.85. The molecule has 1 heterocycles. The summed E-state index contributed by atoms with van der Waals surface area (Å²) in [5, 5.41) is 9.70. The first kappa shape index (κ1) is 13.6. The highest BCUT2D eigenvalue weighted by atomic mass is 16.5. The number of nitrogens with zero attached hydrogens (tertiary/aromatic N) is 2. The Morgan fingerprint density at radius 2 is 2.05 bits per heavy atom. The maximum Gasteiger partial charge on any atom is 0.119 e. The molecule has 4 heteroatoms. The number of imidazole rings is 1. The fourth-order valence-electron chi connectivity index (χ4n) is 1.92. The first-order chi connectivity index (χ1) is 9.20. The van der Waals surface area contributed by atoms with Crippen LogP contribution in [0.25, 0.3) is 0 Å². The van der Waals surface area contributed by atoms with Gasteiger partial charge >= 0.3 is 0 Å². The van der Waals surface area contributed by atoms with Crippen molar-refractivity contribution < 1.29 is 9.84 Å². The van der Waals surface area contributed by atoms with E-state index in [0.717, 1.165) is 30.1 Å². The smallest absolute Gasteiger partial charge is 0.119 e. The zero-order chi connectivity index (χ0) is 13.7. The molecule has 0 fully saturated rings. The van der Waals surface area contributed by atoms with Gasteiger partial charge in [0.25, 0.3) is 0 Å². The van der Waals surface area contributed by atoms with Gasteiger partial charge in [0, 0.05) is 12.4 Å². The quantitative estimate of drug-likeness (QED) is 0.868. The molecule has 4 nitrogen and oxygen atoms in total. The zero-order valence-corrected chi connectivity index (χ0v) is 11.4. The summed E-state index contributed by atoms with van der Waals surface area (Å²) in [4.78, 5) is 4.16. The van der Waals surface area contributed by atoms with Crippen LogP contribution in [0.15, 0.2) is 36.7 Å². The standard InChI is InChI=1S/C15H20N2O2/c1-3-15(18)13-4-6-14(7-5-13)19-11-10-17-9-8-16-12(17)2/h4-9,15,18H,3,10-11H2,1-2H3/t15-/m0/s1. The second-order valence-corrected chi connectivity index (χ2v) is 4.51. The fraction of sp³-hybridized carbons (Fsp3) is 0.400. The Bertz CT molecular complexity index is 505. The van der Waals surface area contributed by atoms with Crippen LogP contribution in [0.5, 0.6) is 5.75 Å². The lowest BCUT2D eigenvalue weighted by atomic mass is 10.1. The summed E-state index contributed by atoms with van der Waals surface area (Å²) in [5.41, 5.74) is 0.931. The molecule has 1 aromatic carbocycles. The molecule has 0 unspecified atom stereocenters. The van der Waals surface area contributed by atoms with Crippen LogP contribution in [-0.2, 0) is 6.54 Å². The number of rotatable bonds is 6. The third-order valence-electron chi connectivity index (χ3n) is 3.18. The third kappa shape index (κ3) is 3.58. The molecule has 0 amide bonds. The molecule has 2 aromatic rings. The molecule has 0 spiro atoms. The minimum absolute atomic E-state index is 0.386. The molecule has 0 bridgehead atoms. The number of aryl methyl sites for hydroxylation is 1. The SMILES string of the molecule is CC[C@H](O)c1ccc(OCCn2ccnc2C)cc1. The molecule has 0 radical (unpaired) electrons. The fourth-order valence-corrected chi connectivity index (χ4v) is 1.92. The minimum Gasteiger partial charge on any atom is -0.492 e. The van der Waals surface area contributed by atoms with Gasteiger partial charge in [-0.05, 0) is 31.0 Å². The summed E-state index contributed by atoms with van der Waals surface area (Å²) in [6.45, 7) is 5.32. The van der Waals surface area contributed by atoms with Crippen LogP contribution >= 0.6 is 0 Å². The first-order valence-corrected chi connectivity index (χ1v) is 6.59. The first-order valence-electron chi connectivity index (χ1n) is 6.59. The van der Waals surface area contributed by atoms with Crippen molar-refractivity contribution in [1.29, 1.82) is 0 Å². The van der Waals surface area contributed by atoms with Crippen LogP contribution < -0.4 is 4.74 Å². The molecule has 0 saturated carbocycles. The van der Waals surface area contributed by atoms with E-state index in [2.05, 4.69) is 9.55 Å². The van der Waals surface area contributed by atoms with E-state index in [1.807, 2.05) is 44.3 Å². The molecule has 0 saturated heterocycles. The van der Waals surface area contributed by atoms with Crippen LogP contribution in [0, 0.1) is 6.92 Å². The van der Waals surface area contributed by atoms with Gasteiger partial charge in [0.2, 0.25) is 0 Å². The van der Waals surface area contributed by atoms with E-state index in [1.54, 1.807) is 6.20 Å². The van der Waals surface area contributed by atoms with E-state index in [-0.39, 0.29) is 6.10 Å². The molecular weight excluding hydrogens is 240 g/mol. The van der Waals surface area contributed by atoms with Crippen molar-refractivity contribution >= 4 is 0 Å². The summed E-state index contributed by atoms with van der Waals surface area (Å²) in [6.07, 6.45) is 4.07.